The summed E-state index contributed by atoms with van der Waals surface area (Å²) in [4.78, 5) is 11.8. The molecule has 1 unspecified atom stereocenters. The van der Waals surface area contributed by atoms with Gasteiger partial charge >= 0.3 is 0 Å². The molecule has 1 saturated carbocycles. The van der Waals surface area contributed by atoms with Crippen LogP contribution < -0.4 is 11.1 Å². The Bertz CT molecular complexity index is 474. The summed E-state index contributed by atoms with van der Waals surface area (Å²) in [6, 6.07) is 5.08. The van der Waals surface area contributed by atoms with Gasteiger partial charge in [-0.05, 0) is 49.9 Å². The van der Waals surface area contributed by atoms with Gasteiger partial charge < -0.3 is 5.73 Å². The number of nitrogens with two attached hydrogens (primary N) is 1. The largest absolute Gasteiger partial charge is 0.368 e. The van der Waals surface area contributed by atoms with E-state index >= 15 is 0 Å². The highest BCUT2D eigenvalue weighted by atomic mass is 35.5. The Kier molecular flexibility index (Phi) is 3.85. The lowest BCUT2D eigenvalue weighted by Crippen LogP contribution is -2.51. The molecule has 98 valence electrons. The van der Waals surface area contributed by atoms with Crippen LogP contribution in [-0.2, 0) is 10.3 Å². The van der Waals surface area contributed by atoms with Gasteiger partial charge in [0, 0.05) is 10.0 Å². The first-order valence-corrected chi connectivity index (χ1v) is 6.69. The fourth-order valence-corrected chi connectivity index (χ4v) is 2.48. The lowest BCUT2D eigenvalue weighted by molar-refractivity contribution is -0.124. The lowest BCUT2D eigenvalue weighted by atomic mass is 9.91. The number of rotatable bonds is 5. The maximum Gasteiger partial charge on any atom is 0.242 e. The Labute approximate surface area is 117 Å². The first-order valence-electron chi connectivity index (χ1n) is 5.94. The van der Waals surface area contributed by atoms with E-state index in [0.29, 0.717) is 21.5 Å². The van der Waals surface area contributed by atoms with Crippen molar-refractivity contribution < 1.29 is 4.79 Å². The van der Waals surface area contributed by atoms with Crippen molar-refractivity contribution in [1.82, 2.24) is 5.32 Å². The molecular weight excluding hydrogens is 271 g/mol. The molecule has 3 nitrogen and oxygen atoms in total. The molecule has 0 aromatic heterocycles. The highest BCUT2D eigenvalue weighted by Gasteiger charge is 2.36. The topological polar surface area (TPSA) is 55.1 Å². The maximum atomic E-state index is 11.8. The summed E-state index contributed by atoms with van der Waals surface area (Å²) in [6.45, 7) is 2.53. The van der Waals surface area contributed by atoms with Gasteiger partial charge in [-0.15, -0.1) is 0 Å². The molecule has 18 heavy (non-hydrogen) atoms. The minimum absolute atomic E-state index is 0.438. The predicted molar refractivity (Wildman–Crippen MR) is 73.7 cm³/mol. The molecule has 0 saturated heterocycles. The molecule has 0 radical (unpaired) electrons. The third kappa shape index (κ3) is 2.79. The summed E-state index contributed by atoms with van der Waals surface area (Å²) in [6.07, 6.45) is 2.41. The van der Waals surface area contributed by atoms with Crippen LogP contribution in [0.3, 0.4) is 0 Å². The monoisotopic (exact) mass is 286 g/mol. The van der Waals surface area contributed by atoms with Crippen molar-refractivity contribution in [2.24, 2.45) is 11.7 Å². The van der Waals surface area contributed by atoms with E-state index in [1.165, 1.54) is 12.8 Å². The number of halogens is 2. The number of carbonyl (C=O) groups excluding carboxylic acids is 1. The Hall–Kier alpha value is -0.770. The number of primary amides is 1. The standard InChI is InChI=1S/C13H16Cl2N2O/c1-13(12(16)18,17-7-8-2-3-8)10-5-4-9(14)6-11(10)15/h4-6,8,17H,2-3,7H2,1H3,(H2,16,18). The molecule has 0 aliphatic heterocycles. The summed E-state index contributed by atoms with van der Waals surface area (Å²) in [7, 11) is 0. The second kappa shape index (κ2) is 5.08. The number of benzene rings is 1. The zero-order valence-electron chi connectivity index (χ0n) is 10.2. The van der Waals surface area contributed by atoms with Gasteiger partial charge in [0.1, 0.15) is 5.54 Å². The molecule has 0 spiro atoms. The van der Waals surface area contributed by atoms with Crippen LogP contribution in [0.25, 0.3) is 0 Å². The van der Waals surface area contributed by atoms with E-state index in [0.717, 1.165) is 6.54 Å². The number of carbonyl (C=O) groups is 1. The first kappa shape index (κ1) is 13.7. The van der Waals surface area contributed by atoms with Gasteiger partial charge in [-0.1, -0.05) is 29.3 Å². The smallest absolute Gasteiger partial charge is 0.242 e. The number of amides is 1. The van der Waals surface area contributed by atoms with Crippen LogP contribution in [0.2, 0.25) is 10.0 Å². The minimum atomic E-state index is -0.954. The van der Waals surface area contributed by atoms with E-state index in [4.69, 9.17) is 28.9 Å². The first-order chi connectivity index (χ1) is 8.43. The lowest BCUT2D eigenvalue weighted by Gasteiger charge is -2.29. The Morgan fingerprint density at radius 1 is 1.50 bits per heavy atom. The van der Waals surface area contributed by atoms with Gasteiger partial charge in [0.05, 0.1) is 0 Å². The average molecular weight is 287 g/mol. The van der Waals surface area contributed by atoms with Crippen LogP contribution in [0.1, 0.15) is 25.3 Å². The average Bonchev–Trinajstić information content (AvgIpc) is 3.09. The molecule has 1 aromatic rings. The summed E-state index contributed by atoms with van der Waals surface area (Å²) in [5, 5.41) is 4.22. The number of hydrogen-bond donors (Lipinski definition) is 2. The fourth-order valence-electron chi connectivity index (χ4n) is 1.88. The van der Waals surface area contributed by atoms with Crippen molar-refractivity contribution in [2.75, 3.05) is 6.54 Å². The number of nitrogens with one attached hydrogen (secondary N) is 1. The van der Waals surface area contributed by atoms with Crippen LogP contribution in [0.5, 0.6) is 0 Å². The van der Waals surface area contributed by atoms with E-state index in [2.05, 4.69) is 5.32 Å². The maximum absolute atomic E-state index is 11.8. The molecule has 1 amide bonds. The van der Waals surface area contributed by atoms with Gasteiger partial charge in [0.2, 0.25) is 5.91 Å². The second-order valence-corrected chi connectivity index (χ2v) is 5.78. The molecule has 2 rings (SSSR count). The van der Waals surface area contributed by atoms with Crippen LogP contribution in [0.15, 0.2) is 18.2 Å². The molecule has 0 heterocycles. The molecular formula is C13H16Cl2N2O. The Morgan fingerprint density at radius 2 is 2.17 bits per heavy atom. The summed E-state index contributed by atoms with van der Waals surface area (Å²) in [5.74, 6) is 0.210. The predicted octanol–water partition coefficient (Wildman–Crippen LogP) is 2.69. The highest BCUT2D eigenvalue weighted by molar-refractivity contribution is 6.35. The molecule has 1 aromatic carbocycles. The van der Waals surface area contributed by atoms with Crippen LogP contribution >= 0.6 is 23.2 Å². The molecule has 0 bridgehead atoms. The molecule has 3 N–H and O–H groups in total. The van der Waals surface area contributed by atoms with E-state index in [1.807, 2.05) is 0 Å². The zero-order valence-corrected chi connectivity index (χ0v) is 11.7. The minimum Gasteiger partial charge on any atom is -0.368 e. The van der Waals surface area contributed by atoms with Crippen molar-refractivity contribution in [2.45, 2.75) is 25.3 Å². The van der Waals surface area contributed by atoms with Crippen molar-refractivity contribution in [3.8, 4) is 0 Å². The zero-order chi connectivity index (χ0) is 13.3. The number of hydrogen-bond acceptors (Lipinski definition) is 2. The van der Waals surface area contributed by atoms with Crippen LogP contribution in [0.4, 0.5) is 0 Å². The third-order valence-corrected chi connectivity index (χ3v) is 3.95. The van der Waals surface area contributed by atoms with Gasteiger partial charge in [-0.25, -0.2) is 0 Å². The van der Waals surface area contributed by atoms with E-state index in [1.54, 1.807) is 25.1 Å². The van der Waals surface area contributed by atoms with Crippen LogP contribution in [-0.4, -0.2) is 12.5 Å². The van der Waals surface area contributed by atoms with Gasteiger partial charge in [0.15, 0.2) is 0 Å². The van der Waals surface area contributed by atoms with E-state index in [-0.39, 0.29) is 0 Å². The highest BCUT2D eigenvalue weighted by Crippen LogP contribution is 2.33. The third-order valence-electron chi connectivity index (χ3n) is 3.40. The molecule has 5 heteroatoms. The summed E-state index contributed by atoms with van der Waals surface area (Å²) >= 11 is 12.0. The molecule has 1 fully saturated rings. The molecule has 1 atom stereocenters. The SMILES string of the molecule is CC(NCC1CC1)(C(N)=O)c1ccc(Cl)cc1Cl. The van der Waals surface area contributed by atoms with Crippen molar-refractivity contribution >= 4 is 29.1 Å². The molecule has 1 aliphatic carbocycles. The Balaban J connectivity index is 2.29. The van der Waals surface area contributed by atoms with Crippen molar-refractivity contribution in [3.63, 3.8) is 0 Å². The van der Waals surface area contributed by atoms with Crippen molar-refractivity contribution in [3.05, 3.63) is 33.8 Å². The van der Waals surface area contributed by atoms with Gasteiger partial charge in [-0.2, -0.15) is 0 Å². The van der Waals surface area contributed by atoms with Crippen molar-refractivity contribution in [1.29, 1.82) is 0 Å². The van der Waals surface area contributed by atoms with E-state index in [9.17, 15) is 4.79 Å². The summed E-state index contributed by atoms with van der Waals surface area (Å²) < 4.78 is 0. The quantitative estimate of drug-likeness (QED) is 0.874. The normalized spacial score (nSPS) is 18.4. The molecule has 1 aliphatic rings. The van der Waals surface area contributed by atoms with Gasteiger partial charge in [-0.3, -0.25) is 10.1 Å². The fraction of sp³-hybridized carbons (Fsp3) is 0.462. The van der Waals surface area contributed by atoms with Gasteiger partial charge in [0.25, 0.3) is 0 Å². The van der Waals surface area contributed by atoms with E-state index < -0.39 is 11.4 Å². The summed E-state index contributed by atoms with van der Waals surface area (Å²) in [5.41, 5.74) is 5.24. The Morgan fingerprint density at radius 3 is 2.67 bits per heavy atom. The van der Waals surface area contributed by atoms with Crippen LogP contribution in [0, 0.1) is 5.92 Å². The second-order valence-electron chi connectivity index (χ2n) is 4.94.